The molecule has 0 radical (unpaired) electrons. The number of aryl methyl sites for hydroxylation is 1. The van der Waals surface area contributed by atoms with Gasteiger partial charge in [0.2, 0.25) is 5.78 Å². The number of ketones is 2. The zero-order valence-corrected chi connectivity index (χ0v) is 15.4. The van der Waals surface area contributed by atoms with Crippen molar-refractivity contribution in [3.8, 4) is 17.3 Å². The molecule has 0 saturated heterocycles. The van der Waals surface area contributed by atoms with E-state index in [1.165, 1.54) is 0 Å². The summed E-state index contributed by atoms with van der Waals surface area (Å²) in [5.74, 6) is -1.85. The summed E-state index contributed by atoms with van der Waals surface area (Å²) in [5, 5.41) is 13.9. The van der Waals surface area contributed by atoms with Gasteiger partial charge in [-0.2, -0.15) is 10.4 Å². The molecule has 1 unspecified atom stereocenters. The topological polar surface area (TPSA) is 75.8 Å². The van der Waals surface area contributed by atoms with Crippen molar-refractivity contribution in [3.05, 3.63) is 71.4 Å². The van der Waals surface area contributed by atoms with Gasteiger partial charge >= 0.3 is 0 Å². The molecule has 0 amide bonds. The molecule has 0 saturated carbocycles. The maximum absolute atomic E-state index is 13.1. The van der Waals surface area contributed by atoms with Crippen LogP contribution in [0.15, 0.2) is 59.5 Å². The van der Waals surface area contributed by atoms with E-state index in [1.807, 2.05) is 30.3 Å². The van der Waals surface area contributed by atoms with Crippen LogP contribution in [0.4, 0.5) is 0 Å². The molecule has 2 aromatic carbocycles. The summed E-state index contributed by atoms with van der Waals surface area (Å²) in [5.41, 5.74) is 3.23. The van der Waals surface area contributed by atoms with Crippen LogP contribution in [0.25, 0.3) is 11.3 Å². The largest absolute Gasteiger partial charge is 0.292 e. The number of hydrogen-bond donors (Lipinski definition) is 0. The number of carbonyl (C=O) groups excluding carboxylic acids is 2. The van der Waals surface area contributed by atoms with Crippen LogP contribution in [0.3, 0.4) is 0 Å². The van der Waals surface area contributed by atoms with Gasteiger partial charge in [-0.3, -0.25) is 14.3 Å². The Morgan fingerprint density at radius 1 is 1.11 bits per heavy atom. The van der Waals surface area contributed by atoms with Crippen LogP contribution >= 0.6 is 11.8 Å². The summed E-state index contributed by atoms with van der Waals surface area (Å²) >= 11 is 1.63. The summed E-state index contributed by atoms with van der Waals surface area (Å²) in [7, 11) is 1.78. The lowest BCUT2D eigenvalue weighted by atomic mass is 9.91. The third-order valence-electron chi connectivity index (χ3n) is 4.60. The van der Waals surface area contributed by atoms with E-state index >= 15 is 0 Å². The number of hydrogen-bond acceptors (Lipinski definition) is 5. The van der Waals surface area contributed by atoms with Gasteiger partial charge in [0.25, 0.3) is 0 Å². The fourth-order valence-corrected chi connectivity index (χ4v) is 4.39. The second-order valence-electron chi connectivity index (χ2n) is 6.24. The minimum atomic E-state index is -1.39. The maximum atomic E-state index is 13.1. The smallest absolute Gasteiger partial charge is 0.208 e. The normalized spacial score (nSPS) is 13.2. The highest BCUT2D eigenvalue weighted by Crippen LogP contribution is 2.42. The minimum absolute atomic E-state index is 0.213. The molecule has 0 fully saturated rings. The van der Waals surface area contributed by atoms with Crippen molar-refractivity contribution in [2.24, 2.45) is 13.0 Å². The van der Waals surface area contributed by atoms with Crippen LogP contribution < -0.4 is 0 Å². The molecule has 0 aliphatic carbocycles. The molecule has 6 heteroatoms. The lowest BCUT2D eigenvalue weighted by molar-refractivity contribution is 0.0842. The second kappa shape index (κ2) is 6.86. The first-order chi connectivity index (χ1) is 13.1. The molecule has 27 heavy (non-hydrogen) atoms. The van der Waals surface area contributed by atoms with Crippen LogP contribution in [0, 0.1) is 17.2 Å². The molecule has 5 nitrogen and oxygen atoms in total. The number of fused-ring (bicyclic) bond motifs is 3. The third-order valence-corrected chi connectivity index (χ3v) is 5.70. The van der Waals surface area contributed by atoms with E-state index in [0.717, 1.165) is 21.7 Å². The van der Waals surface area contributed by atoms with Gasteiger partial charge in [0.05, 0.1) is 11.8 Å². The van der Waals surface area contributed by atoms with E-state index in [-0.39, 0.29) is 5.69 Å². The predicted octanol–water partition coefficient (Wildman–Crippen LogP) is 3.90. The van der Waals surface area contributed by atoms with E-state index in [2.05, 4.69) is 5.10 Å². The van der Waals surface area contributed by atoms with Gasteiger partial charge in [0.1, 0.15) is 5.69 Å². The van der Waals surface area contributed by atoms with Gasteiger partial charge < -0.3 is 0 Å². The number of nitriles is 1. The van der Waals surface area contributed by atoms with Crippen LogP contribution in [-0.2, 0) is 12.8 Å². The van der Waals surface area contributed by atoms with E-state index in [4.69, 9.17) is 0 Å². The molecule has 0 spiro atoms. The Balaban J connectivity index is 1.76. The number of benzene rings is 2. The summed E-state index contributed by atoms with van der Waals surface area (Å²) in [4.78, 5) is 26.9. The molecule has 0 bridgehead atoms. The van der Waals surface area contributed by atoms with Crippen LogP contribution in [0.1, 0.15) is 26.4 Å². The average Bonchev–Trinajstić information content (AvgIpc) is 3.06. The van der Waals surface area contributed by atoms with Crippen LogP contribution in [-0.4, -0.2) is 21.3 Å². The molecule has 132 valence electrons. The molecule has 1 atom stereocenters. The van der Waals surface area contributed by atoms with Gasteiger partial charge in [-0.1, -0.05) is 48.5 Å². The SMILES string of the molecule is Cn1nc(C(=O)C(C#N)C(=O)c2ccccc2)c2c1-c1ccccc1SC2. The fraction of sp³-hybridized carbons (Fsp3) is 0.143. The van der Waals surface area contributed by atoms with Crippen molar-refractivity contribution in [2.45, 2.75) is 10.6 Å². The van der Waals surface area contributed by atoms with Gasteiger partial charge in [-0.05, 0) is 6.07 Å². The maximum Gasteiger partial charge on any atom is 0.208 e. The second-order valence-corrected chi connectivity index (χ2v) is 7.26. The lowest BCUT2D eigenvalue weighted by Crippen LogP contribution is -2.24. The van der Waals surface area contributed by atoms with Gasteiger partial charge in [-0.25, -0.2) is 0 Å². The quantitative estimate of drug-likeness (QED) is 0.512. The Kier molecular flexibility index (Phi) is 4.38. The molecule has 1 aliphatic rings. The molecular formula is C21H15N3O2S. The summed E-state index contributed by atoms with van der Waals surface area (Å²) < 4.78 is 1.67. The zero-order valence-electron chi connectivity index (χ0n) is 14.5. The van der Waals surface area contributed by atoms with Crippen molar-refractivity contribution in [1.82, 2.24) is 9.78 Å². The third kappa shape index (κ3) is 2.86. The summed E-state index contributed by atoms with van der Waals surface area (Å²) in [6.45, 7) is 0. The molecular weight excluding hydrogens is 358 g/mol. The van der Waals surface area contributed by atoms with Crippen molar-refractivity contribution >= 4 is 23.3 Å². The minimum Gasteiger partial charge on any atom is -0.292 e. The highest BCUT2D eigenvalue weighted by Gasteiger charge is 2.34. The first-order valence-electron chi connectivity index (χ1n) is 8.43. The Morgan fingerprint density at radius 2 is 1.81 bits per heavy atom. The highest BCUT2D eigenvalue weighted by molar-refractivity contribution is 7.98. The zero-order chi connectivity index (χ0) is 19.0. The van der Waals surface area contributed by atoms with E-state index in [0.29, 0.717) is 11.3 Å². The summed E-state index contributed by atoms with van der Waals surface area (Å²) in [6, 6.07) is 18.3. The fourth-order valence-electron chi connectivity index (χ4n) is 3.32. The highest BCUT2D eigenvalue weighted by atomic mass is 32.2. The molecule has 0 N–H and O–H groups in total. The molecule has 3 aromatic rings. The standard InChI is InChI=1S/C21H15N3O2S/c1-24-19-14-9-5-6-10-17(14)27-12-16(19)18(23-24)21(26)15(11-22)20(25)13-7-3-2-4-8-13/h2-10,15H,12H2,1H3. The van der Waals surface area contributed by atoms with Crippen molar-refractivity contribution in [2.75, 3.05) is 0 Å². The first-order valence-corrected chi connectivity index (χ1v) is 9.41. The Bertz CT molecular complexity index is 1100. The van der Waals surface area contributed by atoms with E-state index in [9.17, 15) is 14.9 Å². The molecule has 2 heterocycles. The summed E-state index contributed by atoms with van der Waals surface area (Å²) in [6.07, 6.45) is 0. The molecule has 1 aromatic heterocycles. The number of Topliss-reactive ketones (excluding diaryl/α,β-unsaturated/α-hetero) is 2. The van der Waals surface area contributed by atoms with E-state index in [1.54, 1.807) is 53.8 Å². The number of nitrogens with zero attached hydrogens (tertiary/aromatic N) is 3. The van der Waals surface area contributed by atoms with E-state index < -0.39 is 17.5 Å². The van der Waals surface area contributed by atoms with Gasteiger partial charge in [-0.15, -0.1) is 11.8 Å². The first kappa shape index (κ1) is 17.3. The van der Waals surface area contributed by atoms with Gasteiger partial charge in [0.15, 0.2) is 11.7 Å². The van der Waals surface area contributed by atoms with Crippen molar-refractivity contribution < 1.29 is 9.59 Å². The number of thioether (sulfide) groups is 1. The predicted molar refractivity (Wildman–Crippen MR) is 102 cm³/mol. The van der Waals surface area contributed by atoms with Crippen molar-refractivity contribution in [1.29, 1.82) is 5.26 Å². The average molecular weight is 373 g/mol. The Labute approximate surface area is 160 Å². The van der Waals surface area contributed by atoms with Crippen LogP contribution in [0.5, 0.6) is 0 Å². The van der Waals surface area contributed by atoms with Crippen LogP contribution in [0.2, 0.25) is 0 Å². The number of carbonyl (C=O) groups is 2. The number of rotatable bonds is 4. The monoisotopic (exact) mass is 373 g/mol. The molecule has 4 rings (SSSR count). The van der Waals surface area contributed by atoms with Crippen molar-refractivity contribution in [3.63, 3.8) is 0 Å². The Hall–Kier alpha value is -3.17. The molecule has 1 aliphatic heterocycles. The number of aromatic nitrogens is 2. The lowest BCUT2D eigenvalue weighted by Gasteiger charge is -2.17. The Morgan fingerprint density at radius 3 is 2.56 bits per heavy atom. The van der Waals surface area contributed by atoms with Gasteiger partial charge in [0, 0.05) is 34.4 Å².